The molecule has 0 aromatic carbocycles. The first-order valence-electron chi connectivity index (χ1n) is 30.5. The number of unbranched alkanes of at least 4 members (excludes halogenated alkanes) is 39. The summed E-state index contributed by atoms with van der Waals surface area (Å²) >= 11 is 0. The Morgan fingerprint density at radius 2 is 0.522 bits per heavy atom. The van der Waals surface area contributed by atoms with Gasteiger partial charge < -0.3 is 14.2 Å². The zero-order chi connectivity index (χ0) is 50.0. The topological polar surface area (TPSA) is 78.9 Å². The van der Waals surface area contributed by atoms with Crippen LogP contribution in [0, 0.1) is 0 Å². The number of esters is 3. The molecular weight excluding hydrogens is 853 g/mol. The molecule has 0 rings (SSSR count). The highest BCUT2D eigenvalue weighted by molar-refractivity contribution is 5.71. The smallest absolute Gasteiger partial charge is 0.306 e. The lowest BCUT2D eigenvalue weighted by Crippen LogP contribution is -2.30. The lowest BCUT2D eigenvalue weighted by molar-refractivity contribution is -0.167. The third-order valence-electron chi connectivity index (χ3n) is 13.6. The minimum Gasteiger partial charge on any atom is -0.462 e. The van der Waals surface area contributed by atoms with E-state index in [4.69, 9.17) is 14.2 Å². The Balaban J connectivity index is 4.35. The largest absolute Gasteiger partial charge is 0.462 e. The van der Waals surface area contributed by atoms with Crippen molar-refractivity contribution in [2.75, 3.05) is 13.2 Å². The first-order valence-corrected chi connectivity index (χ1v) is 30.5. The van der Waals surface area contributed by atoms with Gasteiger partial charge in [-0.3, -0.25) is 14.4 Å². The van der Waals surface area contributed by atoms with Gasteiger partial charge in [-0.05, 0) is 77.0 Å². The molecule has 0 aliphatic heterocycles. The van der Waals surface area contributed by atoms with E-state index in [0.29, 0.717) is 19.3 Å². The standard InChI is InChI=1S/C63H116O6/c1-4-7-10-13-16-19-22-25-28-31-34-37-40-43-46-49-52-55-61(64)67-58-60(69-63(66)57-54-51-48-45-42-39-36-33-30-27-24-21-18-15-12-9-6-3)59-68-62(65)56-53-50-47-44-41-38-35-32-29-26-23-20-17-14-11-8-5-2/h18,21,25,27-28,30,60H,4-17,19-20,22-24,26,29,31-59H2,1-3H3/b21-18-,28-25-,30-27-/t60-/m1/s1. The van der Waals surface area contributed by atoms with Gasteiger partial charge in [0.25, 0.3) is 0 Å². The normalized spacial score (nSPS) is 12.2. The van der Waals surface area contributed by atoms with Crippen molar-refractivity contribution < 1.29 is 28.6 Å². The monoisotopic (exact) mass is 969 g/mol. The van der Waals surface area contributed by atoms with Crippen LogP contribution < -0.4 is 0 Å². The van der Waals surface area contributed by atoms with E-state index in [0.717, 1.165) is 70.6 Å². The molecule has 0 aromatic heterocycles. The maximum atomic E-state index is 12.9. The Morgan fingerprint density at radius 1 is 0.290 bits per heavy atom. The molecule has 69 heavy (non-hydrogen) atoms. The maximum absolute atomic E-state index is 12.9. The quantitative estimate of drug-likeness (QED) is 0.0261. The number of hydrogen-bond acceptors (Lipinski definition) is 6. The van der Waals surface area contributed by atoms with Crippen molar-refractivity contribution in [3.8, 4) is 0 Å². The van der Waals surface area contributed by atoms with Gasteiger partial charge in [0.15, 0.2) is 6.10 Å². The Hall–Kier alpha value is -2.37. The second-order valence-electron chi connectivity index (χ2n) is 20.6. The van der Waals surface area contributed by atoms with Crippen LogP contribution >= 0.6 is 0 Å². The molecule has 0 aromatic rings. The summed E-state index contributed by atoms with van der Waals surface area (Å²) in [5, 5.41) is 0. The van der Waals surface area contributed by atoms with Crippen molar-refractivity contribution >= 4 is 17.9 Å². The van der Waals surface area contributed by atoms with Crippen LogP contribution in [-0.2, 0) is 28.6 Å². The predicted molar refractivity (Wildman–Crippen MR) is 298 cm³/mol. The van der Waals surface area contributed by atoms with Gasteiger partial charge in [-0.1, -0.05) is 269 Å². The number of rotatable bonds is 56. The highest BCUT2D eigenvalue weighted by Crippen LogP contribution is 2.17. The van der Waals surface area contributed by atoms with Crippen molar-refractivity contribution in [2.24, 2.45) is 0 Å². The molecule has 0 N–H and O–H groups in total. The first-order chi connectivity index (χ1) is 34.0. The van der Waals surface area contributed by atoms with E-state index in [1.807, 2.05) is 0 Å². The van der Waals surface area contributed by atoms with Gasteiger partial charge in [0.05, 0.1) is 0 Å². The van der Waals surface area contributed by atoms with Crippen LogP contribution in [0.15, 0.2) is 36.5 Å². The summed E-state index contributed by atoms with van der Waals surface area (Å²) in [5.41, 5.74) is 0. The van der Waals surface area contributed by atoms with Gasteiger partial charge in [0, 0.05) is 19.3 Å². The summed E-state index contributed by atoms with van der Waals surface area (Å²) in [4.78, 5) is 38.2. The van der Waals surface area contributed by atoms with E-state index in [-0.39, 0.29) is 31.1 Å². The lowest BCUT2D eigenvalue weighted by Gasteiger charge is -2.18. The van der Waals surface area contributed by atoms with Crippen LogP contribution in [0.5, 0.6) is 0 Å². The molecule has 404 valence electrons. The zero-order valence-corrected chi connectivity index (χ0v) is 46.3. The third-order valence-corrected chi connectivity index (χ3v) is 13.6. The summed E-state index contributed by atoms with van der Waals surface area (Å²) in [6.45, 7) is 6.65. The number of carbonyl (C=O) groups excluding carboxylic acids is 3. The Bertz CT molecular complexity index is 1160. The molecule has 0 bridgehead atoms. The molecule has 0 radical (unpaired) electrons. The van der Waals surface area contributed by atoms with Crippen LogP contribution in [0.3, 0.4) is 0 Å². The Labute approximate surface area is 429 Å². The molecule has 0 heterocycles. The van der Waals surface area contributed by atoms with Gasteiger partial charge in [-0.2, -0.15) is 0 Å². The number of allylic oxidation sites excluding steroid dienone is 6. The molecule has 1 atom stereocenters. The summed E-state index contributed by atoms with van der Waals surface area (Å²) in [7, 11) is 0. The van der Waals surface area contributed by atoms with Crippen molar-refractivity contribution in [2.45, 2.75) is 335 Å². The molecule has 0 aliphatic rings. The Morgan fingerprint density at radius 3 is 0.841 bits per heavy atom. The van der Waals surface area contributed by atoms with E-state index >= 15 is 0 Å². The van der Waals surface area contributed by atoms with Gasteiger partial charge in [0.1, 0.15) is 13.2 Å². The molecule has 0 saturated carbocycles. The third kappa shape index (κ3) is 56.4. The minimum atomic E-state index is -0.776. The van der Waals surface area contributed by atoms with Crippen LogP contribution in [0.2, 0.25) is 0 Å². The summed E-state index contributed by atoms with van der Waals surface area (Å²) in [5.74, 6) is -0.864. The molecule has 0 saturated heterocycles. The molecule has 0 unspecified atom stereocenters. The second kappa shape index (κ2) is 58.2. The van der Waals surface area contributed by atoms with Gasteiger partial charge in [-0.25, -0.2) is 0 Å². The van der Waals surface area contributed by atoms with Gasteiger partial charge in [-0.15, -0.1) is 0 Å². The molecule has 0 amide bonds. The van der Waals surface area contributed by atoms with Crippen molar-refractivity contribution in [1.82, 2.24) is 0 Å². The fraction of sp³-hybridized carbons (Fsp3) is 0.857. The molecule has 0 fully saturated rings. The molecule has 6 heteroatoms. The SMILES string of the molecule is CCCCC/C=C\C/C=C\CCCCCCCCCC(=O)O[C@H](COC(=O)CCCCCCCCC/C=C\CCCCCCCC)COC(=O)CCCCCCCCCCCCCCCCCCC. The molecule has 0 aliphatic carbocycles. The highest BCUT2D eigenvalue weighted by atomic mass is 16.6. The summed E-state index contributed by atoms with van der Waals surface area (Å²) in [6.07, 6.45) is 69.9. The highest BCUT2D eigenvalue weighted by Gasteiger charge is 2.19. The van der Waals surface area contributed by atoms with E-state index in [2.05, 4.69) is 57.2 Å². The van der Waals surface area contributed by atoms with Crippen LogP contribution in [0.25, 0.3) is 0 Å². The van der Waals surface area contributed by atoms with Gasteiger partial charge >= 0.3 is 17.9 Å². The average molecular weight is 970 g/mol. The fourth-order valence-corrected chi connectivity index (χ4v) is 9.00. The van der Waals surface area contributed by atoms with Crippen LogP contribution in [0.1, 0.15) is 329 Å². The predicted octanol–water partition coefficient (Wildman–Crippen LogP) is 20.4. The fourth-order valence-electron chi connectivity index (χ4n) is 9.00. The Kier molecular flexibility index (Phi) is 56.2. The molecule has 6 nitrogen and oxygen atoms in total. The zero-order valence-electron chi connectivity index (χ0n) is 46.3. The van der Waals surface area contributed by atoms with Gasteiger partial charge in [0.2, 0.25) is 0 Å². The maximum Gasteiger partial charge on any atom is 0.306 e. The lowest BCUT2D eigenvalue weighted by atomic mass is 10.0. The molecule has 0 spiro atoms. The van der Waals surface area contributed by atoms with E-state index in [1.165, 1.54) is 218 Å². The van der Waals surface area contributed by atoms with Crippen molar-refractivity contribution in [1.29, 1.82) is 0 Å². The average Bonchev–Trinajstić information content (AvgIpc) is 3.35. The van der Waals surface area contributed by atoms with Crippen molar-refractivity contribution in [3.05, 3.63) is 36.5 Å². The summed E-state index contributed by atoms with van der Waals surface area (Å²) in [6, 6.07) is 0. The number of ether oxygens (including phenoxy) is 3. The molecular formula is C63H116O6. The number of hydrogen-bond donors (Lipinski definition) is 0. The second-order valence-corrected chi connectivity index (χ2v) is 20.6. The summed E-state index contributed by atoms with van der Waals surface area (Å²) < 4.78 is 16.9. The van der Waals surface area contributed by atoms with Crippen LogP contribution in [0.4, 0.5) is 0 Å². The number of carbonyl (C=O) groups is 3. The van der Waals surface area contributed by atoms with E-state index < -0.39 is 6.10 Å². The van der Waals surface area contributed by atoms with Crippen LogP contribution in [-0.4, -0.2) is 37.2 Å². The van der Waals surface area contributed by atoms with E-state index in [1.54, 1.807) is 0 Å². The first kappa shape index (κ1) is 66.6. The minimum absolute atomic E-state index is 0.0728. The van der Waals surface area contributed by atoms with E-state index in [9.17, 15) is 14.4 Å². The van der Waals surface area contributed by atoms with Crippen molar-refractivity contribution in [3.63, 3.8) is 0 Å².